The molecule has 11 aromatic rings. The molecular formula is C46H27NS2. The van der Waals surface area contributed by atoms with Crippen LogP contribution in [0.15, 0.2) is 164 Å². The SMILES string of the molecule is c1ccc2c(N(c3ccc4sc5ccc6ccccc6c5c4c3)c3cc4ccccc4c4c3sc3ccc5ccccc5c34)cccc2c1. The summed E-state index contributed by atoms with van der Waals surface area (Å²) in [6, 6.07) is 60.7. The number of hydrogen-bond donors (Lipinski definition) is 0. The van der Waals surface area contributed by atoms with Crippen LogP contribution in [0.1, 0.15) is 0 Å². The highest BCUT2D eigenvalue weighted by atomic mass is 32.1. The molecule has 1 nitrogen and oxygen atoms in total. The molecular weight excluding hydrogens is 631 g/mol. The summed E-state index contributed by atoms with van der Waals surface area (Å²) in [6.07, 6.45) is 0. The van der Waals surface area contributed by atoms with Gasteiger partial charge in [0.2, 0.25) is 0 Å². The highest BCUT2D eigenvalue weighted by Gasteiger charge is 2.23. The molecule has 0 aliphatic rings. The maximum absolute atomic E-state index is 2.53. The largest absolute Gasteiger partial charge is 0.308 e. The zero-order valence-electron chi connectivity index (χ0n) is 26.4. The van der Waals surface area contributed by atoms with E-state index in [9.17, 15) is 0 Å². The highest BCUT2D eigenvalue weighted by molar-refractivity contribution is 7.27. The van der Waals surface area contributed by atoms with Gasteiger partial charge in [-0.15, -0.1) is 22.7 Å². The number of hydrogen-bond acceptors (Lipinski definition) is 3. The summed E-state index contributed by atoms with van der Waals surface area (Å²) in [5.41, 5.74) is 3.55. The van der Waals surface area contributed by atoms with E-state index in [2.05, 4.69) is 169 Å². The third-order valence-electron chi connectivity index (χ3n) is 10.2. The average Bonchev–Trinajstić information content (AvgIpc) is 3.75. The van der Waals surface area contributed by atoms with Crippen LogP contribution in [0.25, 0.3) is 83.4 Å². The Labute approximate surface area is 290 Å². The summed E-state index contributed by atoms with van der Waals surface area (Å²) in [6.45, 7) is 0. The van der Waals surface area contributed by atoms with Gasteiger partial charge in [0, 0.05) is 46.7 Å². The van der Waals surface area contributed by atoms with Crippen molar-refractivity contribution >= 4 is 123 Å². The zero-order chi connectivity index (χ0) is 32.1. The minimum absolute atomic E-state index is 1.16. The smallest absolute Gasteiger partial charge is 0.0647 e. The molecule has 3 heteroatoms. The van der Waals surface area contributed by atoms with E-state index in [1.807, 2.05) is 22.7 Å². The van der Waals surface area contributed by atoms with Crippen LogP contribution in [-0.2, 0) is 0 Å². The Kier molecular flexibility index (Phi) is 5.77. The van der Waals surface area contributed by atoms with Crippen molar-refractivity contribution < 1.29 is 0 Å². The second kappa shape index (κ2) is 10.4. The summed E-state index contributed by atoms with van der Waals surface area (Å²) in [7, 11) is 0. The fourth-order valence-electron chi connectivity index (χ4n) is 8.02. The number of anilines is 3. The Hall–Kier alpha value is -5.74. The van der Waals surface area contributed by atoms with Crippen molar-refractivity contribution in [1.29, 1.82) is 0 Å². The van der Waals surface area contributed by atoms with Crippen molar-refractivity contribution in [3.8, 4) is 0 Å². The first-order chi connectivity index (χ1) is 24.3. The predicted molar refractivity (Wildman–Crippen MR) is 217 cm³/mol. The lowest BCUT2D eigenvalue weighted by molar-refractivity contribution is 1.33. The van der Waals surface area contributed by atoms with Gasteiger partial charge in [-0.05, 0) is 80.2 Å². The number of nitrogens with zero attached hydrogens (tertiary/aromatic N) is 1. The molecule has 0 saturated heterocycles. The minimum Gasteiger partial charge on any atom is -0.308 e. The Balaban J connectivity index is 1.30. The standard InChI is InChI=1S/C46H27NS2/c1-5-15-33-28(10-1)14-9-19-38(33)47(32-22-25-40-37(27-32)43-34-16-6-2-11-29(34)20-23-41(43)48-40)39-26-31-13-4-8-18-36(31)45-44-35-17-7-3-12-30(35)21-24-42(44)49-46(39)45/h1-27H. The van der Waals surface area contributed by atoms with E-state index in [1.54, 1.807) is 0 Å². The third kappa shape index (κ3) is 3.98. The molecule has 0 aliphatic heterocycles. The molecule has 49 heavy (non-hydrogen) atoms. The van der Waals surface area contributed by atoms with Crippen molar-refractivity contribution in [2.45, 2.75) is 0 Å². The van der Waals surface area contributed by atoms with Gasteiger partial charge in [-0.3, -0.25) is 0 Å². The molecule has 2 aromatic heterocycles. The van der Waals surface area contributed by atoms with Crippen molar-refractivity contribution in [3.63, 3.8) is 0 Å². The quantitative estimate of drug-likeness (QED) is 0.183. The van der Waals surface area contributed by atoms with Crippen molar-refractivity contribution in [1.82, 2.24) is 0 Å². The van der Waals surface area contributed by atoms with Gasteiger partial charge in [0.05, 0.1) is 16.1 Å². The van der Waals surface area contributed by atoms with Crippen LogP contribution in [0, 0.1) is 0 Å². The molecule has 0 N–H and O–H groups in total. The van der Waals surface area contributed by atoms with Gasteiger partial charge in [-0.25, -0.2) is 0 Å². The predicted octanol–water partition coefficient (Wildman–Crippen LogP) is 14.5. The van der Waals surface area contributed by atoms with Crippen molar-refractivity contribution in [2.24, 2.45) is 0 Å². The molecule has 0 amide bonds. The number of rotatable bonds is 3. The molecule has 0 unspecified atom stereocenters. The van der Waals surface area contributed by atoms with Gasteiger partial charge in [0.15, 0.2) is 0 Å². The summed E-state index contributed by atoms with van der Waals surface area (Å²) >= 11 is 3.79. The fraction of sp³-hybridized carbons (Fsp3) is 0. The van der Waals surface area contributed by atoms with Crippen molar-refractivity contribution in [2.75, 3.05) is 4.90 Å². The number of thiophene rings is 2. The third-order valence-corrected chi connectivity index (χ3v) is 12.5. The van der Waals surface area contributed by atoms with E-state index in [0.717, 1.165) is 5.69 Å². The Bertz CT molecular complexity index is 3120. The molecule has 0 aliphatic carbocycles. The van der Waals surface area contributed by atoms with Crippen LogP contribution in [0.4, 0.5) is 17.1 Å². The van der Waals surface area contributed by atoms with Crippen LogP contribution in [0.5, 0.6) is 0 Å². The zero-order valence-corrected chi connectivity index (χ0v) is 28.0. The van der Waals surface area contributed by atoms with Crippen LogP contribution in [0.3, 0.4) is 0 Å². The topological polar surface area (TPSA) is 3.24 Å². The van der Waals surface area contributed by atoms with Gasteiger partial charge in [0.25, 0.3) is 0 Å². The monoisotopic (exact) mass is 657 g/mol. The summed E-state index contributed by atoms with van der Waals surface area (Å²) < 4.78 is 5.26. The molecule has 9 aromatic carbocycles. The van der Waals surface area contributed by atoms with E-state index >= 15 is 0 Å². The highest BCUT2D eigenvalue weighted by Crippen LogP contribution is 2.51. The molecule has 11 rings (SSSR count). The molecule has 0 radical (unpaired) electrons. The molecule has 228 valence electrons. The van der Waals surface area contributed by atoms with Crippen LogP contribution in [0.2, 0.25) is 0 Å². The first-order valence-electron chi connectivity index (χ1n) is 16.7. The lowest BCUT2D eigenvalue weighted by Gasteiger charge is -2.28. The molecule has 0 fully saturated rings. The molecule has 0 spiro atoms. The minimum atomic E-state index is 1.16. The van der Waals surface area contributed by atoms with Crippen molar-refractivity contribution in [3.05, 3.63) is 164 Å². The molecule has 0 saturated carbocycles. The summed E-state index contributed by atoms with van der Waals surface area (Å²) in [4.78, 5) is 2.53. The van der Waals surface area contributed by atoms with Crippen LogP contribution in [-0.4, -0.2) is 0 Å². The molecule has 0 bridgehead atoms. The second-order valence-corrected chi connectivity index (χ2v) is 15.0. The van der Waals surface area contributed by atoms with E-state index < -0.39 is 0 Å². The first-order valence-corrected chi connectivity index (χ1v) is 18.3. The number of benzene rings is 9. The van der Waals surface area contributed by atoms with Gasteiger partial charge >= 0.3 is 0 Å². The fourth-order valence-corrected chi connectivity index (χ4v) is 10.4. The lowest BCUT2D eigenvalue weighted by Crippen LogP contribution is -2.10. The van der Waals surface area contributed by atoms with Gasteiger partial charge in [-0.2, -0.15) is 0 Å². The summed E-state index contributed by atoms with van der Waals surface area (Å²) in [5, 5.41) is 15.5. The normalized spacial score (nSPS) is 12.1. The van der Waals surface area contributed by atoms with E-state index in [-0.39, 0.29) is 0 Å². The van der Waals surface area contributed by atoms with Gasteiger partial charge in [0.1, 0.15) is 0 Å². The lowest BCUT2D eigenvalue weighted by atomic mass is 9.98. The Morgan fingerprint density at radius 3 is 1.61 bits per heavy atom. The summed E-state index contributed by atoms with van der Waals surface area (Å²) in [5.74, 6) is 0. The Morgan fingerprint density at radius 2 is 0.878 bits per heavy atom. The first kappa shape index (κ1) is 27.2. The van der Waals surface area contributed by atoms with Gasteiger partial charge in [-0.1, -0.05) is 121 Å². The van der Waals surface area contributed by atoms with Crippen LogP contribution < -0.4 is 4.90 Å². The maximum Gasteiger partial charge on any atom is 0.0647 e. The van der Waals surface area contributed by atoms with E-state index in [1.165, 1.54) is 94.8 Å². The number of fused-ring (bicyclic) bond motifs is 13. The molecule has 2 heterocycles. The van der Waals surface area contributed by atoms with E-state index in [0.29, 0.717) is 0 Å². The van der Waals surface area contributed by atoms with E-state index in [4.69, 9.17) is 0 Å². The van der Waals surface area contributed by atoms with Gasteiger partial charge < -0.3 is 4.90 Å². The van der Waals surface area contributed by atoms with Crippen LogP contribution >= 0.6 is 22.7 Å². The Morgan fingerprint density at radius 1 is 0.327 bits per heavy atom. The second-order valence-electron chi connectivity index (χ2n) is 12.9. The average molecular weight is 658 g/mol. The maximum atomic E-state index is 2.53. The molecule has 0 atom stereocenters.